The molecule has 0 saturated heterocycles. The average Bonchev–Trinajstić information content (AvgIpc) is 3.56. The van der Waals surface area contributed by atoms with Gasteiger partial charge in [0.05, 0.1) is 0 Å². The second-order valence-corrected chi connectivity index (χ2v) is 12.8. The fourth-order valence-electron chi connectivity index (χ4n) is 7.44. The number of allylic oxidation sites excluding steroid dienone is 5. The molecule has 4 nitrogen and oxygen atoms in total. The SMILES string of the molecule is C1=CC2c3ccccc3C=CC2C=C1c1nc(-c2ccccc2)nc(-c2ccc3cc(-c4cccc5oc6ccccc6c45)ccc3c2)n1. The van der Waals surface area contributed by atoms with Gasteiger partial charge in [-0.3, -0.25) is 0 Å². The van der Waals surface area contributed by atoms with Crippen LogP contribution in [0.5, 0.6) is 0 Å². The molecular weight excluding hydrogens is 599 g/mol. The molecule has 0 fully saturated rings. The van der Waals surface area contributed by atoms with E-state index >= 15 is 0 Å². The number of hydrogen-bond donors (Lipinski definition) is 0. The summed E-state index contributed by atoms with van der Waals surface area (Å²) in [4.78, 5) is 15.1. The van der Waals surface area contributed by atoms with Crippen molar-refractivity contribution in [3.8, 4) is 33.9 Å². The zero-order valence-electron chi connectivity index (χ0n) is 26.5. The number of aromatic nitrogens is 3. The third-order valence-electron chi connectivity index (χ3n) is 9.86. The van der Waals surface area contributed by atoms with Gasteiger partial charge in [0, 0.05) is 39.3 Å². The summed E-state index contributed by atoms with van der Waals surface area (Å²) in [6.07, 6.45) is 11.3. The van der Waals surface area contributed by atoms with Crippen molar-refractivity contribution in [3.05, 3.63) is 175 Å². The molecule has 2 aliphatic rings. The summed E-state index contributed by atoms with van der Waals surface area (Å²) in [6, 6.07) is 46.4. The zero-order valence-corrected chi connectivity index (χ0v) is 26.5. The molecule has 230 valence electrons. The van der Waals surface area contributed by atoms with Gasteiger partial charge in [-0.1, -0.05) is 140 Å². The van der Waals surface area contributed by atoms with E-state index in [0.29, 0.717) is 23.4 Å². The Kier molecular flexibility index (Phi) is 6.28. The number of fused-ring (bicyclic) bond motifs is 7. The van der Waals surface area contributed by atoms with Gasteiger partial charge in [0.25, 0.3) is 0 Å². The van der Waals surface area contributed by atoms with E-state index in [9.17, 15) is 0 Å². The molecule has 10 rings (SSSR count). The summed E-state index contributed by atoms with van der Waals surface area (Å²) in [5.41, 5.74) is 9.69. The molecule has 0 saturated carbocycles. The van der Waals surface area contributed by atoms with Crippen LogP contribution in [0, 0.1) is 5.92 Å². The quantitative estimate of drug-likeness (QED) is 0.195. The minimum atomic E-state index is 0.246. The normalized spacial score (nSPS) is 16.5. The lowest BCUT2D eigenvalue weighted by Gasteiger charge is -2.28. The summed E-state index contributed by atoms with van der Waals surface area (Å²) in [5, 5.41) is 4.55. The molecule has 0 radical (unpaired) electrons. The molecule has 0 amide bonds. The Morgan fingerprint density at radius 1 is 0.510 bits per heavy atom. The topological polar surface area (TPSA) is 51.8 Å². The van der Waals surface area contributed by atoms with Gasteiger partial charge >= 0.3 is 0 Å². The molecule has 6 aromatic carbocycles. The minimum Gasteiger partial charge on any atom is -0.456 e. The van der Waals surface area contributed by atoms with Gasteiger partial charge in [0.1, 0.15) is 11.2 Å². The fourth-order valence-corrected chi connectivity index (χ4v) is 7.44. The lowest BCUT2D eigenvalue weighted by atomic mass is 9.76. The van der Waals surface area contributed by atoms with E-state index in [2.05, 4.69) is 127 Å². The van der Waals surface area contributed by atoms with Crippen LogP contribution in [0.3, 0.4) is 0 Å². The monoisotopic (exact) mass is 627 g/mol. The molecule has 0 bridgehead atoms. The van der Waals surface area contributed by atoms with Crippen molar-refractivity contribution in [1.82, 2.24) is 15.0 Å². The fraction of sp³-hybridized carbons (Fsp3) is 0.0444. The highest BCUT2D eigenvalue weighted by atomic mass is 16.3. The standard InChI is InChI=1S/C45H29N3O/c1-2-10-29(11-3-1)43-46-44(48-45(47-43)35-23-24-37-32(27-35)20-17-28-9-4-5-12-36(28)37)34-22-19-30-25-33(21-18-31(30)26-34)38-14-8-16-41-42(38)39-13-6-7-15-40(39)49-41/h1-27,32,37H. The molecule has 0 spiro atoms. The predicted molar refractivity (Wildman–Crippen MR) is 200 cm³/mol. The van der Waals surface area contributed by atoms with Gasteiger partial charge in [0.15, 0.2) is 17.5 Å². The second-order valence-electron chi connectivity index (χ2n) is 12.8. The number of para-hydroxylation sites is 1. The first-order chi connectivity index (χ1) is 24.2. The van der Waals surface area contributed by atoms with E-state index in [0.717, 1.165) is 60.5 Å². The van der Waals surface area contributed by atoms with E-state index < -0.39 is 0 Å². The van der Waals surface area contributed by atoms with Crippen LogP contribution in [0.2, 0.25) is 0 Å². The van der Waals surface area contributed by atoms with Gasteiger partial charge in [-0.25, -0.2) is 15.0 Å². The molecular formula is C45H29N3O. The number of furan rings is 1. The molecule has 2 atom stereocenters. The highest BCUT2D eigenvalue weighted by Crippen LogP contribution is 2.41. The molecule has 0 N–H and O–H groups in total. The van der Waals surface area contributed by atoms with Crippen molar-refractivity contribution in [2.24, 2.45) is 5.92 Å². The lowest BCUT2D eigenvalue weighted by molar-refractivity contribution is 0.669. The van der Waals surface area contributed by atoms with Gasteiger partial charge in [0.2, 0.25) is 0 Å². The van der Waals surface area contributed by atoms with Gasteiger partial charge in [-0.05, 0) is 57.3 Å². The molecule has 0 aliphatic heterocycles. The Bertz CT molecular complexity index is 2680. The van der Waals surface area contributed by atoms with Crippen LogP contribution in [-0.4, -0.2) is 15.0 Å². The summed E-state index contributed by atoms with van der Waals surface area (Å²) < 4.78 is 6.17. The Morgan fingerprint density at radius 3 is 2.12 bits per heavy atom. The van der Waals surface area contributed by atoms with Crippen LogP contribution in [0.1, 0.15) is 22.9 Å². The first-order valence-electron chi connectivity index (χ1n) is 16.7. The van der Waals surface area contributed by atoms with E-state index in [1.807, 2.05) is 36.4 Å². The molecule has 2 aromatic heterocycles. The largest absolute Gasteiger partial charge is 0.456 e. The maximum Gasteiger partial charge on any atom is 0.164 e. The van der Waals surface area contributed by atoms with Crippen LogP contribution in [0.15, 0.2) is 162 Å². The molecule has 4 heteroatoms. The van der Waals surface area contributed by atoms with Crippen molar-refractivity contribution in [2.45, 2.75) is 5.92 Å². The lowest BCUT2D eigenvalue weighted by Crippen LogP contribution is -2.15. The highest BCUT2D eigenvalue weighted by molar-refractivity contribution is 6.12. The molecule has 2 aliphatic carbocycles. The number of hydrogen-bond acceptors (Lipinski definition) is 4. The number of nitrogens with zero attached hydrogens (tertiary/aromatic N) is 3. The van der Waals surface area contributed by atoms with Gasteiger partial charge < -0.3 is 4.42 Å². The average molecular weight is 628 g/mol. The van der Waals surface area contributed by atoms with Crippen molar-refractivity contribution < 1.29 is 4.42 Å². The summed E-state index contributed by atoms with van der Waals surface area (Å²) in [7, 11) is 0. The maximum atomic E-state index is 6.17. The third-order valence-corrected chi connectivity index (χ3v) is 9.86. The van der Waals surface area contributed by atoms with Crippen LogP contribution in [0.4, 0.5) is 0 Å². The molecule has 2 heterocycles. The van der Waals surface area contributed by atoms with E-state index in [1.54, 1.807) is 0 Å². The van der Waals surface area contributed by atoms with Crippen molar-refractivity contribution in [1.29, 1.82) is 0 Å². The highest BCUT2D eigenvalue weighted by Gasteiger charge is 2.26. The van der Waals surface area contributed by atoms with Crippen molar-refractivity contribution in [3.63, 3.8) is 0 Å². The van der Waals surface area contributed by atoms with Crippen LogP contribution >= 0.6 is 0 Å². The summed E-state index contributed by atoms with van der Waals surface area (Å²) >= 11 is 0. The van der Waals surface area contributed by atoms with E-state index in [1.165, 1.54) is 11.1 Å². The van der Waals surface area contributed by atoms with E-state index in [4.69, 9.17) is 19.4 Å². The van der Waals surface area contributed by atoms with Crippen LogP contribution in [-0.2, 0) is 0 Å². The summed E-state index contributed by atoms with van der Waals surface area (Å²) in [5.74, 6) is 2.56. The Labute approximate surface area is 283 Å². The zero-order chi connectivity index (χ0) is 32.3. The number of rotatable bonds is 4. The first-order valence-corrected chi connectivity index (χ1v) is 16.7. The maximum absolute atomic E-state index is 6.17. The molecule has 8 aromatic rings. The van der Waals surface area contributed by atoms with E-state index in [-0.39, 0.29) is 5.92 Å². The van der Waals surface area contributed by atoms with Crippen LogP contribution < -0.4 is 0 Å². The van der Waals surface area contributed by atoms with Crippen LogP contribution in [0.25, 0.3) is 78.3 Å². The summed E-state index contributed by atoms with van der Waals surface area (Å²) in [6.45, 7) is 0. The van der Waals surface area contributed by atoms with Gasteiger partial charge in [-0.15, -0.1) is 0 Å². The smallest absolute Gasteiger partial charge is 0.164 e. The van der Waals surface area contributed by atoms with Crippen molar-refractivity contribution in [2.75, 3.05) is 0 Å². The Morgan fingerprint density at radius 2 is 1.22 bits per heavy atom. The number of benzene rings is 6. The van der Waals surface area contributed by atoms with Crippen molar-refractivity contribution >= 4 is 44.4 Å². The first kappa shape index (κ1) is 27.7. The third kappa shape index (κ3) is 4.72. The van der Waals surface area contributed by atoms with Gasteiger partial charge in [-0.2, -0.15) is 0 Å². The Balaban J connectivity index is 1.06. The Hall–Kier alpha value is -6.39. The second kappa shape index (κ2) is 11.1. The molecule has 49 heavy (non-hydrogen) atoms. The predicted octanol–water partition coefficient (Wildman–Crippen LogP) is 11.3. The molecule has 2 unspecified atom stereocenters. The minimum absolute atomic E-state index is 0.246.